The summed E-state index contributed by atoms with van der Waals surface area (Å²) in [5.74, 6) is 0.397. The number of aromatic nitrogens is 4. The van der Waals surface area contributed by atoms with Crippen LogP contribution < -0.4 is 11.1 Å². The van der Waals surface area contributed by atoms with Gasteiger partial charge in [-0.3, -0.25) is 14.6 Å². The van der Waals surface area contributed by atoms with Crippen molar-refractivity contribution in [3.8, 4) is 11.3 Å². The highest BCUT2D eigenvalue weighted by atomic mass is 33.1. The quantitative estimate of drug-likeness (QED) is 0.337. The first-order chi connectivity index (χ1) is 13.7. The van der Waals surface area contributed by atoms with Crippen LogP contribution in [0.1, 0.15) is 17.5 Å². The smallest absolute Gasteiger partial charge is 0.291 e. The summed E-state index contributed by atoms with van der Waals surface area (Å²) in [6.07, 6.45) is 6.54. The number of nitrogens with two attached hydrogens (primary N) is 1. The molecule has 4 N–H and O–H groups in total. The van der Waals surface area contributed by atoms with Crippen molar-refractivity contribution in [1.82, 2.24) is 20.0 Å². The highest BCUT2D eigenvalue weighted by Crippen LogP contribution is 2.36. The van der Waals surface area contributed by atoms with Gasteiger partial charge in [0.15, 0.2) is 10.8 Å². The first kappa shape index (κ1) is 20.1. The molecular weight excluding hydrogens is 400 g/mol. The molecule has 0 radical (unpaired) electrons. The molecule has 0 atom stereocenters. The van der Waals surface area contributed by atoms with Crippen molar-refractivity contribution in [3.63, 3.8) is 0 Å². The minimum atomic E-state index is -0.361. The Labute approximate surface area is 169 Å². The molecule has 0 unspecified atom stereocenters. The number of ether oxygens (including phenoxy) is 1. The second-order valence-corrected chi connectivity index (χ2v) is 7.52. The van der Waals surface area contributed by atoms with Crippen LogP contribution >= 0.6 is 21.6 Å². The van der Waals surface area contributed by atoms with Crippen LogP contribution in [0.5, 0.6) is 0 Å². The highest BCUT2D eigenvalue weighted by Gasteiger charge is 2.17. The third-order valence-corrected chi connectivity index (χ3v) is 5.44. The number of aromatic amines is 1. The lowest BCUT2D eigenvalue weighted by Gasteiger charge is -2.02. The van der Waals surface area contributed by atoms with Crippen molar-refractivity contribution < 1.29 is 13.9 Å². The summed E-state index contributed by atoms with van der Waals surface area (Å²) in [6, 6.07) is 3.35. The van der Waals surface area contributed by atoms with Crippen molar-refractivity contribution in [2.45, 2.75) is 18.5 Å². The van der Waals surface area contributed by atoms with E-state index in [1.807, 2.05) is 6.92 Å². The Bertz CT molecular complexity index is 919. The lowest BCUT2D eigenvalue weighted by molar-refractivity contribution is 0.0997. The maximum atomic E-state index is 12.6. The Morgan fingerprint density at radius 3 is 3.14 bits per heavy atom. The van der Waals surface area contributed by atoms with E-state index in [-0.39, 0.29) is 11.7 Å². The molecule has 9 nitrogen and oxygen atoms in total. The van der Waals surface area contributed by atoms with Crippen LogP contribution in [0.15, 0.2) is 51.8 Å². The summed E-state index contributed by atoms with van der Waals surface area (Å²) in [5.41, 5.74) is 6.73. The third kappa shape index (κ3) is 5.21. The zero-order valence-electron chi connectivity index (χ0n) is 15.1. The molecule has 0 aliphatic heterocycles. The van der Waals surface area contributed by atoms with E-state index in [1.54, 1.807) is 40.8 Å². The molecule has 0 saturated carbocycles. The van der Waals surface area contributed by atoms with Crippen LogP contribution in [0.4, 0.5) is 5.69 Å². The molecular formula is C17H20N6O3S2. The van der Waals surface area contributed by atoms with Gasteiger partial charge >= 0.3 is 0 Å². The molecule has 0 spiro atoms. The van der Waals surface area contributed by atoms with E-state index in [4.69, 9.17) is 14.9 Å². The van der Waals surface area contributed by atoms with E-state index in [0.717, 1.165) is 5.56 Å². The van der Waals surface area contributed by atoms with Gasteiger partial charge in [0.2, 0.25) is 0 Å². The maximum absolute atomic E-state index is 12.6. The minimum Gasteiger partial charge on any atom is -0.451 e. The fourth-order valence-corrected chi connectivity index (χ4v) is 3.80. The zero-order valence-corrected chi connectivity index (χ0v) is 16.8. The molecule has 28 heavy (non-hydrogen) atoms. The molecule has 3 aromatic rings. The Morgan fingerprint density at radius 1 is 1.50 bits per heavy atom. The van der Waals surface area contributed by atoms with Crippen molar-refractivity contribution in [3.05, 3.63) is 48.1 Å². The first-order valence-corrected chi connectivity index (χ1v) is 10.7. The number of amides is 1. The van der Waals surface area contributed by atoms with Gasteiger partial charge in [-0.2, -0.15) is 10.2 Å². The predicted octanol–water partition coefficient (Wildman–Crippen LogP) is 3.33. The van der Waals surface area contributed by atoms with Gasteiger partial charge in [-0.25, -0.2) is 0 Å². The molecule has 0 aliphatic rings. The largest absolute Gasteiger partial charge is 0.451 e. The predicted molar refractivity (Wildman–Crippen MR) is 110 cm³/mol. The van der Waals surface area contributed by atoms with Gasteiger partial charge in [0, 0.05) is 25.2 Å². The molecule has 0 fully saturated rings. The minimum absolute atomic E-state index is 0.198. The van der Waals surface area contributed by atoms with Crippen LogP contribution in [0.25, 0.3) is 11.3 Å². The lowest BCUT2D eigenvalue weighted by atomic mass is 10.3. The van der Waals surface area contributed by atoms with Gasteiger partial charge in [0.1, 0.15) is 5.76 Å². The summed E-state index contributed by atoms with van der Waals surface area (Å²) in [5, 5.41) is 16.3. The van der Waals surface area contributed by atoms with Gasteiger partial charge in [-0.05, 0) is 35.3 Å². The Morgan fingerprint density at radius 2 is 2.39 bits per heavy atom. The van der Waals surface area contributed by atoms with E-state index < -0.39 is 0 Å². The van der Waals surface area contributed by atoms with Crippen molar-refractivity contribution in [2.75, 3.05) is 18.5 Å². The molecule has 0 bridgehead atoms. The fraction of sp³-hybridized carbons (Fsp3) is 0.235. The summed E-state index contributed by atoms with van der Waals surface area (Å²) < 4.78 is 12.7. The van der Waals surface area contributed by atoms with E-state index in [1.165, 1.54) is 27.8 Å². The van der Waals surface area contributed by atoms with Gasteiger partial charge in [-0.1, -0.05) is 10.8 Å². The first-order valence-electron chi connectivity index (χ1n) is 8.47. The van der Waals surface area contributed by atoms with Gasteiger partial charge < -0.3 is 20.2 Å². The van der Waals surface area contributed by atoms with Crippen molar-refractivity contribution >= 4 is 33.2 Å². The van der Waals surface area contributed by atoms with E-state index in [9.17, 15) is 4.79 Å². The molecule has 11 heteroatoms. The summed E-state index contributed by atoms with van der Waals surface area (Å²) in [4.78, 5) is 12.6. The second kappa shape index (κ2) is 10.1. The molecule has 0 aromatic carbocycles. The molecule has 0 saturated heterocycles. The molecule has 3 rings (SSSR count). The van der Waals surface area contributed by atoms with Gasteiger partial charge in [0.05, 0.1) is 30.6 Å². The number of furan rings is 1. The monoisotopic (exact) mass is 420 g/mol. The van der Waals surface area contributed by atoms with Crippen LogP contribution in [-0.4, -0.2) is 39.1 Å². The highest BCUT2D eigenvalue weighted by molar-refractivity contribution is 8.77. The third-order valence-electron chi connectivity index (χ3n) is 3.52. The average molecular weight is 421 g/mol. The summed E-state index contributed by atoms with van der Waals surface area (Å²) in [7, 11) is 2.80. The fourth-order valence-electron chi connectivity index (χ4n) is 2.26. The average Bonchev–Trinajstić information content (AvgIpc) is 3.43. The van der Waals surface area contributed by atoms with E-state index in [2.05, 4.69) is 20.6 Å². The number of carbonyl (C=O) groups is 1. The Hall–Kier alpha value is -2.63. The summed E-state index contributed by atoms with van der Waals surface area (Å²) >= 11 is 0. The molecule has 3 aromatic heterocycles. The summed E-state index contributed by atoms with van der Waals surface area (Å²) in [6.45, 7) is 3.70. The number of rotatable bonds is 10. The van der Waals surface area contributed by atoms with Crippen molar-refractivity contribution in [1.29, 1.82) is 0 Å². The SMILES string of the molecule is CCOCCn1cc(NC(=O)c2ccc(-c3cn[nH]c3)o2)c(SS/C=C\N)n1. The number of carbonyl (C=O) groups excluding carboxylic acids is 1. The van der Waals surface area contributed by atoms with Crippen LogP contribution in [0.2, 0.25) is 0 Å². The standard InChI is InChI=1S/C17H20N6O3S2/c1-2-25-7-6-23-11-13(17(22-23)28-27-8-5-18)21-16(24)15-4-3-14(26-15)12-9-19-20-10-12/h3-5,8-11H,2,6-7,18H2,1H3,(H,19,20)(H,21,24)/b8-5-. The normalized spacial score (nSPS) is 11.3. The van der Waals surface area contributed by atoms with Crippen molar-refractivity contribution in [2.24, 2.45) is 5.73 Å². The Balaban J connectivity index is 1.72. The second-order valence-electron chi connectivity index (χ2n) is 5.42. The zero-order chi connectivity index (χ0) is 19.8. The number of hydrogen-bond donors (Lipinski definition) is 3. The number of anilines is 1. The van der Waals surface area contributed by atoms with Gasteiger partial charge in [0.25, 0.3) is 5.91 Å². The Kier molecular flexibility index (Phi) is 7.23. The molecule has 1 amide bonds. The van der Waals surface area contributed by atoms with Crippen LogP contribution in [-0.2, 0) is 11.3 Å². The number of hydrogen-bond acceptors (Lipinski definition) is 8. The number of nitrogens with zero attached hydrogens (tertiary/aromatic N) is 3. The van der Waals surface area contributed by atoms with E-state index >= 15 is 0 Å². The number of H-pyrrole nitrogens is 1. The lowest BCUT2D eigenvalue weighted by Crippen LogP contribution is -2.11. The maximum Gasteiger partial charge on any atom is 0.291 e. The molecule has 0 aliphatic carbocycles. The van der Waals surface area contributed by atoms with Crippen LogP contribution in [0.3, 0.4) is 0 Å². The molecule has 3 heterocycles. The van der Waals surface area contributed by atoms with Gasteiger partial charge in [-0.15, -0.1) is 0 Å². The van der Waals surface area contributed by atoms with E-state index in [0.29, 0.717) is 36.2 Å². The molecule has 148 valence electrons. The number of nitrogens with one attached hydrogen (secondary N) is 2. The topological polar surface area (TPSA) is 124 Å². The van der Waals surface area contributed by atoms with Crippen LogP contribution in [0, 0.1) is 0 Å².